The van der Waals surface area contributed by atoms with E-state index in [9.17, 15) is 0 Å². The standard InChI is InChI=1S/C6H16P.Y/c1-5-7(3,4)6-2;/h5-6H2,1-4H3;/q+1;/i3D,4D;. The molecule has 0 unspecified atom stereocenters. The van der Waals surface area contributed by atoms with Crippen LogP contribution >= 0.6 is 7.26 Å². The second-order valence-electron chi connectivity index (χ2n) is 1.97. The molecule has 0 saturated carbocycles. The van der Waals surface area contributed by atoms with Crippen molar-refractivity contribution < 1.29 is 35.5 Å². The zero-order valence-electron chi connectivity index (χ0n) is 7.85. The Hall–Kier alpha value is 1.53. The molecule has 0 amide bonds. The predicted octanol–water partition coefficient (Wildman–Crippen LogP) is 2.30. The molecule has 0 bridgehead atoms. The smallest absolute Gasteiger partial charge is 0.0311 e. The zero-order valence-corrected chi connectivity index (χ0v) is 9.59. The van der Waals surface area contributed by atoms with E-state index in [1.165, 1.54) is 0 Å². The van der Waals surface area contributed by atoms with E-state index in [0.29, 0.717) is 13.3 Å². The van der Waals surface area contributed by atoms with Crippen LogP contribution in [0.15, 0.2) is 0 Å². The summed E-state index contributed by atoms with van der Waals surface area (Å²) in [5, 5.41) is 0. The van der Waals surface area contributed by atoms with Crippen molar-refractivity contribution in [3.8, 4) is 0 Å². The van der Waals surface area contributed by atoms with Crippen molar-refractivity contribution in [3.05, 3.63) is 0 Å². The van der Waals surface area contributed by atoms with Gasteiger partial charge in [-0.1, -0.05) is 0 Å². The predicted molar refractivity (Wildman–Crippen MR) is 39.9 cm³/mol. The van der Waals surface area contributed by atoms with Gasteiger partial charge >= 0.3 is 0 Å². The molecule has 2 heteroatoms. The molecule has 47 valence electrons. The Morgan fingerprint density at radius 1 is 1.25 bits per heavy atom. The largest absolute Gasteiger partial charge is 0.0671 e. The van der Waals surface area contributed by atoms with Crippen LogP contribution in [0.3, 0.4) is 0 Å². The normalized spacial score (nSPS) is 13.8. The summed E-state index contributed by atoms with van der Waals surface area (Å²) in [4.78, 5) is 0. The molecule has 0 spiro atoms. The fourth-order valence-corrected chi connectivity index (χ4v) is 0.671. The first-order valence-corrected chi connectivity index (χ1v) is 5.21. The van der Waals surface area contributed by atoms with Gasteiger partial charge in [-0.3, -0.25) is 0 Å². The molecule has 0 aromatic carbocycles. The van der Waals surface area contributed by atoms with Crippen LogP contribution in [0.4, 0.5) is 0 Å². The fraction of sp³-hybridized carbons (Fsp3) is 1.00. The van der Waals surface area contributed by atoms with E-state index in [1.807, 2.05) is 0 Å². The first-order chi connectivity index (χ1) is 4.24. The second-order valence-corrected chi connectivity index (χ2v) is 5.92. The summed E-state index contributed by atoms with van der Waals surface area (Å²) in [6.07, 6.45) is 2.16. The van der Waals surface area contributed by atoms with Gasteiger partial charge in [-0.2, -0.15) is 0 Å². The molecule has 0 saturated heterocycles. The molecular formula is C6H16PY+. The molecule has 0 nitrogen and oxygen atoms in total. The number of hydrogen-bond acceptors (Lipinski definition) is 0. The second kappa shape index (κ2) is 5.33. The summed E-state index contributed by atoms with van der Waals surface area (Å²) in [6, 6.07) is 0. The van der Waals surface area contributed by atoms with Crippen LogP contribution in [0.2, 0.25) is 0 Å². The molecular weight excluding hydrogens is 192 g/mol. The van der Waals surface area contributed by atoms with Gasteiger partial charge < -0.3 is 0 Å². The monoisotopic (exact) mass is 210 g/mol. The van der Waals surface area contributed by atoms with E-state index in [2.05, 4.69) is 13.8 Å². The van der Waals surface area contributed by atoms with Gasteiger partial charge in [0.1, 0.15) is 0 Å². The van der Waals surface area contributed by atoms with Gasteiger partial charge in [0.2, 0.25) is 0 Å². The van der Waals surface area contributed by atoms with Crippen LogP contribution in [-0.4, -0.2) is 25.6 Å². The van der Waals surface area contributed by atoms with Crippen molar-refractivity contribution in [1.29, 1.82) is 0 Å². The minimum Gasteiger partial charge on any atom is -0.0311 e. The summed E-state index contributed by atoms with van der Waals surface area (Å²) in [5.74, 6) is 0. The van der Waals surface area contributed by atoms with Gasteiger partial charge in [-0.25, -0.2) is 0 Å². The first-order valence-electron chi connectivity index (χ1n) is 4.09. The summed E-state index contributed by atoms with van der Waals surface area (Å²) >= 11 is 0. The third-order valence-electron chi connectivity index (χ3n) is 1.34. The maximum atomic E-state index is 7.24. The molecule has 0 aromatic heterocycles. The SMILES string of the molecule is [2H]C[P+](C[2H])(CC)CC.[Y]. The molecule has 0 atom stereocenters. The Labute approximate surface area is 81.8 Å². The van der Waals surface area contributed by atoms with Crippen LogP contribution in [0.25, 0.3) is 0 Å². The van der Waals surface area contributed by atoms with Crippen LogP contribution in [0.5, 0.6) is 0 Å². The van der Waals surface area contributed by atoms with Crippen LogP contribution < -0.4 is 0 Å². The average Bonchev–Trinajstić information content (AvgIpc) is 1.95. The molecule has 0 heterocycles. The molecule has 0 aromatic rings. The van der Waals surface area contributed by atoms with Gasteiger partial charge in [0, 0.05) is 53.3 Å². The Balaban J connectivity index is 0. The van der Waals surface area contributed by atoms with Crippen molar-refractivity contribution >= 4 is 7.26 Å². The molecule has 0 N–H and O–H groups in total. The van der Waals surface area contributed by atoms with Crippen LogP contribution in [0, 0.1) is 0 Å². The molecule has 0 aliphatic carbocycles. The quantitative estimate of drug-likeness (QED) is 0.613. The average molecular weight is 210 g/mol. The van der Waals surface area contributed by atoms with Crippen molar-refractivity contribution in [2.24, 2.45) is 0 Å². The molecule has 8 heavy (non-hydrogen) atoms. The number of rotatable bonds is 2. The van der Waals surface area contributed by atoms with Gasteiger partial charge in [-0.05, 0) is 13.8 Å². The molecule has 0 fully saturated rings. The van der Waals surface area contributed by atoms with E-state index in [4.69, 9.17) is 2.74 Å². The maximum Gasteiger partial charge on any atom is 0.0671 e. The van der Waals surface area contributed by atoms with Gasteiger partial charge in [0.05, 0.1) is 15.1 Å². The number of hydrogen-bond donors (Lipinski definition) is 0. The van der Waals surface area contributed by atoms with Gasteiger partial charge in [-0.15, -0.1) is 0 Å². The van der Waals surface area contributed by atoms with Crippen molar-refractivity contribution in [3.63, 3.8) is 0 Å². The van der Waals surface area contributed by atoms with Crippen molar-refractivity contribution in [1.82, 2.24) is 0 Å². The third-order valence-corrected chi connectivity index (χ3v) is 4.02. The Morgan fingerprint density at radius 2 is 1.62 bits per heavy atom. The van der Waals surface area contributed by atoms with Crippen molar-refractivity contribution in [2.75, 3.05) is 25.6 Å². The maximum absolute atomic E-state index is 7.24. The summed E-state index contributed by atoms with van der Waals surface area (Å²) in [6.45, 7) is 5.26. The molecule has 0 rings (SSSR count). The Morgan fingerprint density at radius 3 is 1.62 bits per heavy atom. The van der Waals surface area contributed by atoms with Gasteiger partial charge in [0.25, 0.3) is 0 Å². The Kier molecular flexibility index (Phi) is 5.09. The summed E-state index contributed by atoms with van der Waals surface area (Å²) < 4.78 is 14.5. The van der Waals surface area contributed by atoms with E-state index in [0.717, 1.165) is 12.3 Å². The van der Waals surface area contributed by atoms with Gasteiger partial charge in [0.15, 0.2) is 0 Å². The zero-order chi connectivity index (χ0) is 7.33. The van der Waals surface area contributed by atoms with E-state index in [-0.39, 0.29) is 32.7 Å². The van der Waals surface area contributed by atoms with Crippen molar-refractivity contribution in [2.45, 2.75) is 13.8 Å². The van der Waals surface area contributed by atoms with E-state index in [1.54, 1.807) is 0 Å². The topological polar surface area (TPSA) is 0 Å². The third kappa shape index (κ3) is 5.67. The minimum atomic E-state index is -1.09. The molecule has 1 radical (unpaired) electrons. The first kappa shape index (κ1) is 7.64. The Bertz CT molecular complexity index is 58.6. The molecule has 0 aliphatic heterocycles. The van der Waals surface area contributed by atoms with Crippen LogP contribution in [0.1, 0.15) is 16.6 Å². The van der Waals surface area contributed by atoms with E-state index < -0.39 is 7.26 Å². The summed E-state index contributed by atoms with van der Waals surface area (Å²) in [5.41, 5.74) is 0. The summed E-state index contributed by atoms with van der Waals surface area (Å²) in [7, 11) is -1.09. The van der Waals surface area contributed by atoms with Crippen LogP contribution in [-0.2, 0) is 32.7 Å². The van der Waals surface area contributed by atoms with E-state index >= 15 is 0 Å². The minimum absolute atomic E-state index is 0. The molecule has 0 aliphatic rings. The fourth-order valence-electron chi connectivity index (χ4n) is 0.224.